The van der Waals surface area contributed by atoms with Crippen molar-refractivity contribution < 1.29 is 0 Å². The molecule has 1 unspecified atom stereocenters. The summed E-state index contributed by atoms with van der Waals surface area (Å²) in [7, 11) is 1.94. The third-order valence-corrected chi connectivity index (χ3v) is 4.13. The van der Waals surface area contributed by atoms with Crippen molar-refractivity contribution in [1.82, 2.24) is 30.0 Å². The molecule has 1 aliphatic rings. The zero-order chi connectivity index (χ0) is 13.9. The van der Waals surface area contributed by atoms with Crippen molar-refractivity contribution in [3.63, 3.8) is 0 Å². The van der Waals surface area contributed by atoms with E-state index in [1.165, 1.54) is 19.3 Å². The number of aryl methyl sites for hydroxylation is 1. The third-order valence-electron chi connectivity index (χ3n) is 4.13. The number of aromatic nitrogens is 6. The highest BCUT2D eigenvalue weighted by Crippen LogP contribution is 2.23. The average molecular weight is 275 g/mol. The highest BCUT2D eigenvalue weighted by atomic mass is 15.6. The standard InChI is InChI=1S/C13H21N7/c1-3-11-5-4-8-19(9-11)13-15-16-17-20(13)10-12-6-7-14-18(12)2/h6-7,11H,3-5,8-10H2,1-2H3. The Morgan fingerprint density at radius 2 is 2.30 bits per heavy atom. The Morgan fingerprint density at radius 1 is 1.40 bits per heavy atom. The summed E-state index contributed by atoms with van der Waals surface area (Å²) in [6, 6.07) is 2.00. The van der Waals surface area contributed by atoms with Crippen LogP contribution < -0.4 is 4.90 Å². The summed E-state index contributed by atoms with van der Waals surface area (Å²) >= 11 is 0. The molecule has 20 heavy (non-hydrogen) atoms. The zero-order valence-corrected chi connectivity index (χ0v) is 12.1. The van der Waals surface area contributed by atoms with Gasteiger partial charge in [0.25, 0.3) is 0 Å². The van der Waals surface area contributed by atoms with Gasteiger partial charge >= 0.3 is 0 Å². The first-order chi connectivity index (χ1) is 9.78. The molecule has 2 aromatic rings. The largest absolute Gasteiger partial charge is 0.339 e. The van der Waals surface area contributed by atoms with Crippen LogP contribution in [0.1, 0.15) is 31.9 Å². The van der Waals surface area contributed by atoms with Crippen LogP contribution in [0, 0.1) is 5.92 Å². The summed E-state index contributed by atoms with van der Waals surface area (Å²) < 4.78 is 3.73. The summed E-state index contributed by atoms with van der Waals surface area (Å²) in [4.78, 5) is 2.31. The number of nitrogens with zero attached hydrogens (tertiary/aromatic N) is 7. The van der Waals surface area contributed by atoms with Gasteiger partial charge in [-0.2, -0.15) is 5.10 Å². The number of tetrazole rings is 1. The van der Waals surface area contributed by atoms with Crippen LogP contribution in [-0.4, -0.2) is 43.1 Å². The van der Waals surface area contributed by atoms with Gasteiger partial charge in [0.05, 0.1) is 12.2 Å². The topological polar surface area (TPSA) is 64.7 Å². The van der Waals surface area contributed by atoms with Crippen molar-refractivity contribution in [2.45, 2.75) is 32.7 Å². The van der Waals surface area contributed by atoms with Crippen molar-refractivity contribution in [2.24, 2.45) is 13.0 Å². The fourth-order valence-corrected chi connectivity index (χ4v) is 2.82. The number of anilines is 1. The van der Waals surface area contributed by atoms with Gasteiger partial charge in [0, 0.05) is 26.3 Å². The van der Waals surface area contributed by atoms with Gasteiger partial charge < -0.3 is 4.90 Å². The van der Waals surface area contributed by atoms with E-state index in [1.807, 2.05) is 22.5 Å². The van der Waals surface area contributed by atoms with E-state index in [0.717, 1.165) is 30.6 Å². The van der Waals surface area contributed by atoms with E-state index in [2.05, 4.69) is 32.4 Å². The average Bonchev–Trinajstić information content (AvgIpc) is 3.09. The minimum absolute atomic E-state index is 0.659. The molecule has 2 aromatic heterocycles. The number of piperidine rings is 1. The van der Waals surface area contributed by atoms with Gasteiger partial charge in [-0.1, -0.05) is 18.4 Å². The summed E-state index contributed by atoms with van der Waals surface area (Å²) in [5, 5.41) is 16.4. The zero-order valence-electron chi connectivity index (χ0n) is 12.1. The second-order valence-electron chi connectivity index (χ2n) is 5.45. The molecule has 3 rings (SSSR count). The maximum absolute atomic E-state index is 4.22. The molecule has 0 amide bonds. The fourth-order valence-electron chi connectivity index (χ4n) is 2.82. The molecule has 7 heteroatoms. The molecule has 0 N–H and O–H groups in total. The quantitative estimate of drug-likeness (QED) is 0.835. The molecule has 108 valence electrons. The van der Waals surface area contributed by atoms with Crippen LogP contribution in [0.15, 0.2) is 12.3 Å². The van der Waals surface area contributed by atoms with E-state index in [0.29, 0.717) is 6.54 Å². The molecule has 1 atom stereocenters. The van der Waals surface area contributed by atoms with Crippen molar-refractivity contribution in [3.8, 4) is 0 Å². The van der Waals surface area contributed by atoms with Gasteiger partial charge in [0.1, 0.15) is 0 Å². The van der Waals surface area contributed by atoms with Crippen molar-refractivity contribution in [2.75, 3.05) is 18.0 Å². The Labute approximate surface area is 118 Å². The predicted molar refractivity (Wildman–Crippen MR) is 75.4 cm³/mol. The van der Waals surface area contributed by atoms with Crippen molar-refractivity contribution in [1.29, 1.82) is 0 Å². The minimum Gasteiger partial charge on any atom is -0.339 e. The van der Waals surface area contributed by atoms with Gasteiger partial charge in [0.15, 0.2) is 0 Å². The molecule has 0 aromatic carbocycles. The van der Waals surface area contributed by atoms with E-state index in [4.69, 9.17) is 0 Å². The van der Waals surface area contributed by atoms with Crippen LogP contribution >= 0.6 is 0 Å². The van der Waals surface area contributed by atoms with E-state index >= 15 is 0 Å². The van der Waals surface area contributed by atoms with Gasteiger partial charge in [-0.15, -0.1) is 0 Å². The summed E-state index contributed by atoms with van der Waals surface area (Å²) in [5.74, 6) is 1.63. The molecular weight excluding hydrogens is 254 g/mol. The number of hydrogen-bond acceptors (Lipinski definition) is 5. The molecule has 1 fully saturated rings. The summed E-state index contributed by atoms with van der Waals surface area (Å²) in [6.07, 6.45) is 5.56. The maximum atomic E-state index is 4.22. The van der Waals surface area contributed by atoms with Gasteiger partial charge in [-0.05, 0) is 35.3 Å². The first kappa shape index (κ1) is 13.1. The lowest BCUT2D eigenvalue weighted by Gasteiger charge is -2.32. The normalized spacial score (nSPS) is 19.5. The first-order valence-corrected chi connectivity index (χ1v) is 7.26. The second kappa shape index (κ2) is 5.60. The monoisotopic (exact) mass is 275 g/mol. The minimum atomic E-state index is 0.659. The molecule has 0 spiro atoms. The molecule has 0 bridgehead atoms. The Kier molecular flexibility index (Phi) is 3.66. The van der Waals surface area contributed by atoms with Crippen LogP contribution in [0.5, 0.6) is 0 Å². The SMILES string of the molecule is CCC1CCCN(c2nnnn2Cc2ccnn2C)C1. The molecule has 0 saturated carbocycles. The van der Waals surface area contributed by atoms with Gasteiger partial charge in [0.2, 0.25) is 5.95 Å². The Balaban J connectivity index is 1.78. The molecule has 0 radical (unpaired) electrons. The van der Waals surface area contributed by atoms with Crippen molar-refractivity contribution in [3.05, 3.63) is 18.0 Å². The Bertz CT molecular complexity index is 559. The molecule has 1 aliphatic heterocycles. The molecule has 0 aliphatic carbocycles. The van der Waals surface area contributed by atoms with E-state index < -0.39 is 0 Å². The summed E-state index contributed by atoms with van der Waals surface area (Å²) in [5.41, 5.74) is 1.10. The van der Waals surface area contributed by atoms with Crippen LogP contribution in [0.3, 0.4) is 0 Å². The van der Waals surface area contributed by atoms with Gasteiger partial charge in [-0.3, -0.25) is 4.68 Å². The highest BCUT2D eigenvalue weighted by Gasteiger charge is 2.23. The predicted octanol–water partition coefficient (Wildman–Crippen LogP) is 1.08. The number of hydrogen-bond donors (Lipinski definition) is 0. The first-order valence-electron chi connectivity index (χ1n) is 7.26. The second-order valence-corrected chi connectivity index (χ2v) is 5.45. The van der Waals surface area contributed by atoms with E-state index in [9.17, 15) is 0 Å². The lowest BCUT2D eigenvalue weighted by atomic mass is 9.96. The van der Waals surface area contributed by atoms with Crippen LogP contribution in [0.4, 0.5) is 5.95 Å². The molecule has 3 heterocycles. The molecular formula is C13H21N7. The van der Waals surface area contributed by atoms with Crippen LogP contribution in [-0.2, 0) is 13.6 Å². The Hall–Kier alpha value is -1.92. The Morgan fingerprint density at radius 3 is 3.05 bits per heavy atom. The highest BCUT2D eigenvalue weighted by molar-refractivity contribution is 5.29. The van der Waals surface area contributed by atoms with E-state index in [-0.39, 0.29) is 0 Å². The van der Waals surface area contributed by atoms with Crippen molar-refractivity contribution >= 4 is 5.95 Å². The lowest BCUT2D eigenvalue weighted by molar-refractivity contribution is 0.397. The smallest absolute Gasteiger partial charge is 0.245 e. The maximum Gasteiger partial charge on any atom is 0.245 e. The molecule has 1 saturated heterocycles. The molecule has 7 nitrogen and oxygen atoms in total. The lowest BCUT2D eigenvalue weighted by Crippen LogP contribution is -2.37. The number of rotatable bonds is 4. The van der Waals surface area contributed by atoms with E-state index in [1.54, 1.807) is 6.20 Å². The fraction of sp³-hybridized carbons (Fsp3) is 0.692. The van der Waals surface area contributed by atoms with Crippen LogP contribution in [0.25, 0.3) is 0 Å². The van der Waals surface area contributed by atoms with Crippen LogP contribution in [0.2, 0.25) is 0 Å². The third kappa shape index (κ3) is 2.52. The van der Waals surface area contributed by atoms with Gasteiger partial charge in [-0.25, -0.2) is 4.68 Å². The summed E-state index contributed by atoms with van der Waals surface area (Å²) in [6.45, 7) is 5.02.